The minimum absolute atomic E-state index is 0.199. The van der Waals surface area contributed by atoms with Gasteiger partial charge in [0.25, 0.3) is 0 Å². The van der Waals surface area contributed by atoms with Crippen LogP contribution in [0, 0.1) is 11.7 Å². The van der Waals surface area contributed by atoms with Crippen LogP contribution < -0.4 is 0 Å². The van der Waals surface area contributed by atoms with E-state index in [2.05, 4.69) is 36.3 Å². The van der Waals surface area contributed by atoms with Crippen molar-refractivity contribution in [2.45, 2.75) is 52.8 Å². The average molecular weight is 346 g/mol. The molecule has 0 aliphatic carbocycles. The quantitative estimate of drug-likeness (QED) is 0.695. The van der Waals surface area contributed by atoms with Gasteiger partial charge in [-0.05, 0) is 42.2 Å². The van der Waals surface area contributed by atoms with Crippen LogP contribution in [0.25, 0.3) is 0 Å². The second-order valence-electron chi connectivity index (χ2n) is 7.29. The van der Waals surface area contributed by atoms with Crippen LogP contribution >= 0.6 is 0 Å². The molecule has 1 aromatic heterocycles. The van der Waals surface area contributed by atoms with Crippen molar-refractivity contribution in [2.75, 3.05) is 13.1 Å². The lowest BCUT2D eigenvalue weighted by Gasteiger charge is -2.27. The molecular weight excluding hydrogens is 315 g/mol. The number of aromatic nitrogens is 1. The first-order valence-corrected chi connectivity index (χ1v) is 9.26. The van der Waals surface area contributed by atoms with Gasteiger partial charge in [0.15, 0.2) is 0 Å². The minimum atomic E-state index is -0.282. The lowest BCUT2D eigenvalue weighted by atomic mass is 10.1. The van der Waals surface area contributed by atoms with E-state index >= 15 is 0 Å². The molecule has 1 atom stereocenters. The highest BCUT2D eigenvalue weighted by molar-refractivity contribution is 5.18. The van der Waals surface area contributed by atoms with Gasteiger partial charge in [0, 0.05) is 38.1 Å². The van der Waals surface area contributed by atoms with Gasteiger partial charge in [0.1, 0.15) is 5.82 Å². The third kappa shape index (κ3) is 6.63. The monoisotopic (exact) mass is 346 g/mol. The molecule has 0 saturated heterocycles. The number of hydrogen-bond acceptors (Lipinski definition) is 2. The van der Waals surface area contributed by atoms with Crippen LogP contribution in [0.3, 0.4) is 0 Å². The van der Waals surface area contributed by atoms with Crippen LogP contribution in [0.5, 0.6) is 0 Å². The van der Waals surface area contributed by atoms with E-state index in [1.807, 2.05) is 18.3 Å². The molecule has 0 fully saturated rings. The van der Waals surface area contributed by atoms with Crippen molar-refractivity contribution in [3.63, 3.8) is 0 Å². The second-order valence-corrected chi connectivity index (χ2v) is 7.29. The lowest BCUT2D eigenvalue weighted by Crippen LogP contribution is -2.35. The topological polar surface area (TPSA) is 28.4 Å². The molecule has 0 saturated carbocycles. The Morgan fingerprint density at radius 1 is 1.16 bits per heavy atom. The zero-order valence-corrected chi connectivity index (χ0v) is 15.7. The molecule has 1 unspecified atom stereocenters. The molecule has 25 heavy (non-hydrogen) atoms. The number of aliphatic hydroxyl groups excluding tert-OH is 1. The number of rotatable bonds is 10. The fourth-order valence-corrected chi connectivity index (χ4v) is 3.25. The van der Waals surface area contributed by atoms with E-state index in [0.29, 0.717) is 19.0 Å². The van der Waals surface area contributed by atoms with E-state index in [1.165, 1.54) is 11.8 Å². The summed E-state index contributed by atoms with van der Waals surface area (Å²) in [5.74, 6) is 0.343. The smallest absolute Gasteiger partial charge is 0.123 e. The molecule has 1 heterocycles. The van der Waals surface area contributed by atoms with Crippen LogP contribution in [0.1, 0.15) is 44.9 Å². The predicted molar refractivity (Wildman–Crippen MR) is 101 cm³/mol. The molecule has 0 radical (unpaired) electrons. The molecule has 0 aliphatic rings. The maximum Gasteiger partial charge on any atom is 0.123 e. The van der Waals surface area contributed by atoms with Gasteiger partial charge in [-0.3, -0.25) is 4.90 Å². The fourth-order valence-electron chi connectivity index (χ4n) is 3.25. The average Bonchev–Trinajstić information content (AvgIpc) is 2.93. The zero-order chi connectivity index (χ0) is 18.2. The number of hydrogen-bond donors (Lipinski definition) is 1. The molecule has 3 nitrogen and oxygen atoms in total. The molecule has 2 aromatic rings. The molecule has 138 valence electrons. The molecule has 0 amide bonds. The van der Waals surface area contributed by atoms with E-state index in [9.17, 15) is 9.50 Å². The highest BCUT2D eigenvalue weighted by Crippen LogP contribution is 2.14. The first kappa shape index (κ1) is 19.7. The Morgan fingerprint density at radius 3 is 2.64 bits per heavy atom. The van der Waals surface area contributed by atoms with E-state index in [0.717, 1.165) is 31.5 Å². The molecule has 1 N–H and O–H groups in total. The summed E-state index contributed by atoms with van der Waals surface area (Å²) >= 11 is 0. The fraction of sp³-hybridized carbons (Fsp3) is 0.524. The predicted octanol–water partition coefficient (Wildman–Crippen LogP) is 4.29. The number of benzene rings is 1. The summed E-state index contributed by atoms with van der Waals surface area (Å²) in [7, 11) is 0. The van der Waals surface area contributed by atoms with Crippen LogP contribution in [0.4, 0.5) is 4.39 Å². The van der Waals surface area contributed by atoms with Crippen LogP contribution in [-0.4, -0.2) is 33.8 Å². The Labute approximate surface area is 151 Å². The van der Waals surface area contributed by atoms with Crippen molar-refractivity contribution in [1.29, 1.82) is 0 Å². The number of aliphatic hydroxyl groups is 1. The Bertz CT molecular complexity index is 638. The summed E-state index contributed by atoms with van der Waals surface area (Å²) in [5, 5.41) is 10.2. The zero-order valence-electron chi connectivity index (χ0n) is 15.7. The molecule has 4 heteroatoms. The summed E-state index contributed by atoms with van der Waals surface area (Å²) in [6, 6.07) is 10.9. The summed E-state index contributed by atoms with van der Waals surface area (Å²) in [5.41, 5.74) is 2.15. The van der Waals surface area contributed by atoms with Crippen molar-refractivity contribution in [2.24, 2.45) is 5.92 Å². The normalized spacial score (nSPS) is 12.9. The summed E-state index contributed by atoms with van der Waals surface area (Å²) in [6.07, 6.45) is 3.58. The van der Waals surface area contributed by atoms with Gasteiger partial charge in [-0.1, -0.05) is 39.3 Å². The third-order valence-corrected chi connectivity index (χ3v) is 4.27. The highest BCUT2D eigenvalue weighted by Gasteiger charge is 2.15. The molecular formula is C21H31FN2O. The summed E-state index contributed by atoms with van der Waals surface area (Å²) in [4.78, 5) is 2.32. The summed E-state index contributed by atoms with van der Waals surface area (Å²) < 4.78 is 15.6. The van der Waals surface area contributed by atoms with E-state index in [4.69, 9.17) is 0 Å². The van der Waals surface area contributed by atoms with Gasteiger partial charge in [-0.2, -0.15) is 0 Å². The van der Waals surface area contributed by atoms with Gasteiger partial charge in [0.05, 0.1) is 6.10 Å². The second kappa shape index (κ2) is 9.73. The molecule has 0 spiro atoms. The number of nitrogens with zero attached hydrogens (tertiary/aromatic N) is 2. The minimum Gasteiger partial charge on any atom is -0.392 e. The van der Waals surface area contributed by atoms with Crippen molar-refractivity contribution < 1.29 is 9.50 Å². The maximum absolute atomic E-state index is 13.4. The van der Waals surface area contributed by atoms with E-state index in [-0.39, 0.29) is 11.9 Å². The summed E-state index contributed by atoms with van der Waals surface area (Å²) in [6.45, 7) is 9.59. The van der Waals surface area contributed by atoms with Crippen LogP contribution in [0.15, 0.2) is 42.6 Å². The Balaban J connectivity index is 2.07. The highest BCUT2D eigenvalue weighted by atomic mass is 19.1. The lowest BCUT2D eigenvalue weighted by molar-refractivity contribution is 0.0932. The molecule has 0 aliphatic heterocycles. The third-order valence-electron chi connectivity index (χ3n) is 4.27. The largest absolute Gasteiger partial charge is 0.392 e. The first-order valence-electron chi connectivity index (χ1n) is 9.26. The molecule has 0 bridgehead atoms. The van der Waals surface area contributed by atoms with Crippen LogP contribution in [-0.2, 0) is 13.1 Å². The molecule has 2 rings (SSSR count). The maximum atomic E-state index is 13.4. The van der Waals surface area contributed by atoms with Gasteiger partial charge in [-0.25, -0.2) is 4.39 Å². The Kier molecular flexibility index (Phi) is 7.66. The SMILES string of the molecule is CCCC(O)CN(Cc1cccn1Cc1cccc(F)c1)CC(C)C. The van der Waals surface area contributed by atoms with Crippen molar-refractivity contribution >= 4 is 0 Å². The van der Waals surface area contributed by atoms with Crippen molar-refractivity contribution in [1.82, 2.24) is 9.47 Å². The van der Waals surface area contributed by atoms with Gasteiger partial charge in [-0.15, -0.1) is 0 Å². The first-order chi connectivity index (χ1) is 12.0. The number of halogens is 1. The van der Waals surface area contributed by atoms with Gasteiger partial charge < -0.3 is 9.67 Å². The van der Waals surface area contributed by atoms with Crippen molar-refractivity contribution in [3.05, 3.63) is 59.7 Å². The van der Waals surface area contributed by atoms with E-state index in [1.54, 1.807) is 12.1 Å². The van der Waals surface area contributed by atoms with Crippen LogP contribution in [0.2, 0.25) is 0 Å². The Hall–Kier alpha value is -1.65. The van der Waals surface area contributed by atoms with Gasteiger partial charge in [0.2, 0.25) is 0 Å². The van der Waals surface area contributed by atoms with E-state index < -0.39 is 0 Å². The standard InChI is InChI=1S/C21H31FN2O/c1-4-7-21(25)16-23(13-17(2)3)15-20-10-6-11-24(20)14-18-8-5-9-19(22)12-18/h5-6,8-12,17,21,25H,4,7,13-16H2,1-3H3. The van der Waals surface area contributed by atoms with Crippen molar-refractivity contribution in [3.8, 4) is 0 Å². The molecule has 1 aromatic carbocycles. The Morgan fingerprint density at radius 2 is 1.96 bits per heavy atom. The van der Waals surface area contributed by atoms with Gasteiger partial charge >= 0.3 is 0 Å².